The van der Waals surface area contributed by atoms with Gasteiger partial charge in [0.15, 0.2) is 0 Å². The number of rotatable bonds is 5. The molecular weight excluding hydrogens is 310 g/mol. The summed E-state index contributed by atoms with van der Waals surface area (Å²) in [6, 6.07) is 2.55. The lowest BCUT2D eigenvalue weighted by atomic mass is 10.1. The first-order valence-electron chi connectivity index (χ1n) is 8.02. The molecule has 1 aliphatic heterocycles. The van der Waals surface area contributed by atoms with E-state index in [1.807, 2.05) is 25.2 Å². The molecule has 3 heterocycles. The minimum Gasteiger partial charge on any atom is -0.361 e. The molecule has 0 saturated carbocycles. The highest BCUT2D eigenvalue weighted by Gasteiger charge is 2.22. The van der Waals surface area contributed by atoms with Gasteiger partial charge in [-0.05, 0) is 44.2 Å². The van der Waals surface area contributed by atoms with E-state index in [2.05, 4.69) is 33.7 Å². The number of carbonyl (C=O) groups is 1. The highest BCUT2D eigenvalue weighted by molar-refractivity contribution is 7.10. The van der Waals surface area contributed by atoms with Crippen LogP contribution in [0.1, 0.15) is 34.4 Å². The quantitative estimate of drug-likeness (QED) is 0.913. The van der Waals surface area contributed by atoms with Crippen LogP contribution in [0, 0.1) is 13.8 Å². The summed E-state index contributed by atoms with van der Waals surface area (Å²) < 4.78 is 5.11. The molecule has 3 rings (SSSR count). The molecule has 0 fully saturated rings. The molecule has 1 amide bonds. The van der Waals surface area contributed by atoms with Crippen molar-refractivity contribution >= 4 is 17.2 Å². The number of aryl methyl sites for hydroxylation is 2. The van der Waals surface area contributed by atoms with Crippen LogP contribution < -0.4 is 5.32 Å². The summed E-state index contributed by atoms with van der Waals surface area (Å²) in [6.45, 7) is 8.61. The fraction of sp³-hybridized carbons (Fsp3) is 0.529. The smallest absolute Gasteiger partial charge is 0.224 e. The normalized spacial score (nSPS) is 16.1. The van der Waals surface area contributed by atoms with Crippen LogP contribution in [0.5, 0.6) is 0 Å². The van der Waals surface area contributed by atoms with Crippen molar-refractivity contribution in [3.05, 3.63) is 38.9 Å². The van der Waals surface area contributed by atoms with Crippen LogP contribution in [0.4, 0.5) is 0 Å². The van der Waals surface area contributed by atoms with E-state index in [0.717, 1.165) is 36.5 Å². The standard InChI is InChI=1S/C17H23N3O2S/c1-11(20-6-4-16-14(10-20)5-7-23-16)9-18-17(21)8-15-12(2)19-22-13(15)3/h5,7,11H,4,6,8-10H2,1-3H3,(H,18,21). The Hall–Kier alpha value is -1.66. The van der Waals surface area contributed by atoms with Gasteiger partial charge >= 0.3 is 0 Å². The summed E-state index contributed by atoms with van der Waals surface area (Å²) in [4.78, 5) is 16.1. The van der Waals surface area contributed by atoms with Crippen molar-refractivity contribution in [3.63, 3.8) is 0 Å². The Morgan fingerprint density at radius 2 is 2.35 bits per heavy atom. The maximum atomic E-state index is 12.2. The van der Waals surface area contributed by atoms with Crippen molar-refractivity contribution in [2.24, 2.45) is 0 Å². The Balaban J connectivity index is 1.49. The Morgan fingerprint density at radius 1 is 1.52 bits per heavy atom. The number of hydrogen-bond acceptors (Lipinski definition) is 5. The van der Waals surface area contributed by atoms with E-state index in [9.17, 15) is 4.79 Å². The van der Waals surface area contributed by atoms with E-state index >= 15 is 0 Å². The van der Waals surface area contributed by atoms with Crippen molar-refractivity contribution in [2.75, 3.05) is 13.1 Å². The van der Waals surface area contributed by atoms with Crippen LogP contribution in [-0.4, -0.2) is 35.1 Å². The summed E-state index contributed by atoms with van der Waals surface area (Å²) >= 11 is 1.85. The minimum atomic E-state index is 0.0273. The van der Waals surface area contributed by atoms with Crippen molar-refractivity contribution in [1.29, 1.82) is 0 Å². The molecule has 1 aliphatic rings. The van der Waals surface area contributed by atoms with Gasteiger partial charge < -0.3 is 9.84 Å². The second-order valence-electron chi connectivity index (χ2n) is 6.22. The molecule has 5 nitrogen and oxygen atoms in total. The molecule has 0 bridgehead atoms. The molecule has 124 valence electrons. The van der Waals surface area contributed by atoms with Gasteiger partial charge in [-0.2, -0.15) is 0 Å². The molecule has 0 spiro atoms. The van der Waals surface area contributed by atoms with Crippen molar-refractivity contribution in [2.45, 2.75) is 46.2 Å². The summed E-state index contributed by atoms with van der Waals surface area (Å²) in [5.74, 6) is 0.756. The second kappa shape index (κ2) is 6.84. The third-order valence-electron chi connectivity index (χ3n) is 4.57. The first-order chi connectivity index (χ1) is 11.0. The predicted molar refractivity (Wildman–Crippen MR) is 90.6 cm³/mol. The van der Waals surface area contributed by atoms with Gasteiger partial charge in [-0.15, -0.1) is 11.3 Å². The number of nitrogens with zero attached hydrogens (tertiary/aromatic N) is 2. The lowest BCUT2D eigenvalue weighted by Gasteiger charge is -2.32. The maximum Gasteiger partial charge on any atom is 0.224 e. The van der Waals surface area contributed by atoms with Gasteiger partial charge in [0.05, 0.1) is 12.1 Å². The van der Waals surface area contributed by atoms with E-state index in [1.54, 1.807) is 0 Å². The molecule has 1 unspecified atom stereocenters. The molecule has 0 saturated heterocycles. The number of carbonyl (C=O) groups excluding carboxylic acids is 1. The highest BCUT2D eigenvalue weighted by atomic mass is 32.1. The van der Waals surface area contributed by atoms with Crippen LogP contribution in [0.2, 0.25) is 0 Å². The number of nitrogens with one attached hydrogen (secondary N) is 1. The van der Waals surface area contributed by atoms with Crippen molar-refractivity contribution in [3.8, 4) is 0 Å². The molecule has 0 radical (unpaired) electrons. The van der Waals surface area contributed by atoms with Crippen LogP contribution >= 0.6 is 11.3 Å². The number of hydrogen-bond donors (Lipinski definition) is 1. The second-order valence-corrected chi connectivity index (χ2v) is 7.22. The molecule has 6 heteroatoms. The Morgan fingerprint density at radius 3 is 3.09 bits per heavy atom. The SMILES string of the molecule is Cc1noc(C)c1CC(=O)NCC(C)N1CCc2sccc2C1. The Bertz CT molecular complexity index is 672. The lowest BCUT2D eigenvalue weighted by Crippen LogP contribution is -2.44. The zero-order valence-corrected chi connectivity index (χ0v) is 14.7. The van der Waals surface area contributed by atoms with Crippen molar-refractivity contribution < 1.29 is 9.32 Å². The van der Waals surface area contributed by atoms with Gasteiger partial charge in [0.2, 0.25) is 5.91 Å². The van der Waals surface area contributed by atoms with Gasteiger partial charge in [0.25, 0.3) is 0 Å². The van der Waals surface area contributed by atoms with E-state index < -0.39 is 0 Å². The van der Waals surface area contributed by atoms with Gasteiger partial charge in [-0.1, -0.05) is 5.16 Å². The predicted octanol–water partition coefficient (Wildman–Crippen LogP) is 2.46. The van der Waals surface area contributed by atoms with Gasteiger partial charge in [-0.3, -0.25) is 9.69 Å². The summed E-state index contributed by atoms with van der Waals surface area (Å²) in [5.41, 5.74) is 3.14. The maximum absolute atomic E-state index is 12.2. The third-order valence-corrected chi connectivity index (χ3v) is 5.60. The monoisotopic (exact) mass is 333 g/mol. The van der Waals surface area contributed by atoms with Crippen LogP contribution in [0.3, 0.4) is 0 Å². The zero-order chi connectivity index (χ0) is 16.4. The topological polar surface area (TPSA) is 58.4 Å². The summed E-state index contributed by atoms with van der Waals surface area (Å²) in [6.07, 6.45) is 1.45. The van der Waals surface area contributed by atoms with Gasteiger partial charge in [0.1, 0.15) is 5.76 Å². The van der Waals surface area contributed by atoms with E-state index in [4.69, 9.17) is 4.52 Å². The van der Waals surface area contributed by atoms with Crippen LogP contribution in [0.25, 0.3) is 0 Å². The molecule has 23 heavy (non-hydrogen) atoms. The molecule has 2 aromatic heterocycles. The highest BCUT2D eigenvalue weighted by Crippen LogP contribution is 2.25. The zero-order valence-electron chi connectivity index (χ0n) is 13.9. The number of thiophene rings is 1. The number of fused-ring (bicyclic) bond motifs is 1. The minimum absolute atomic E-state index is 0.0273. The van der Waals surface area contributed by atoms with E-state index in [-0.39, 0.29) is 5.91 Å². The van der Waals surface area contributed by atoms with Crippen LogP contribution in [-0.2, 0) is 24.2 Å². The number of amides is 1. The average Bonchev–Trinajstić information content (AvgIpc) is 3.13. The van der Waals surface area contributed by atoms with Gasteiger partial charge in [-0.25, -0.2) is 0 Å². The van der Waals surface area contributed by atoms with E-state index in [1.165, 1.54) is 10.4 Å². The Kier molecular flexibility index (Phi) is 4.82. The molecular formula is C17H23N3O2S. The van der Waals surface area contributed by atoms with E-state index in [0.29, 0.717) is 19.0 Å². The van der Waals surface area contributed by atoms with Gasteiger partial charge in [0, 0.05) is 36.1 Å². The average molecular weight is 333 g/mol. The molecule has 1 N–H and O–H groups in total. The molecule has 0 aromatic carbocycles. The summed E-state index contributed by atoms with van der Waals surface area (Å²) in [5, 5.41) is 9.11. The first kappa shape index (κ1) is 16.2. The Labute approximate surface area is 140 Å². The van der Waals surface area contributed by atoms with Crippen molar-refractivity contribution in [1.82, 2.24) is 15.4 Å². The largest absolute Gasteiger partial charge is 0.361 e. The molecule has 1 atom stereocenters. The summed E-state index contributed by atoms with van der Waals surface area (Å²) in [7, 11) is 0. The lowest BCUT2D eigenvalue weighted by molar-refractivity contribution is -0.120. The fourth-order valence-electron chi connectivity index (χ4n) is 3.01. The first-order valence-corrected chi connectivity index (χ1v) is 8.90. The number of aromatic nitrogens is 1. The molecule has 0 aliphatic carbocycles. The third kappa shape index (κ3) is 3.64. The fourth-order valence-corrected chi connectivity index (χ4v) is 3.90. The van der Waals surface area contributed by atoms with Crippen LogP contribution in [0.15, 0.2) is 16.0 Å². The molecule has 2 aromatic rings.